The van der Waals surface area contributed by atoms with E-state index in [1.807, 2.05) is 18.2 Å². The summed E-state index contributed by atoms with van der Waals surface area (Å²) in [5, 5.41) is 6.71. The smallest absolute Gasteiger partial charge is 0.191 e. The number of methoxy groups -OCH3 is 2. The molecule has 0 unspecified atom stereocenters. The second-order valence-electron chi connectivity index (χ2n) is 6.03. The fourth-order valence-electron chi connectivity index (χ4n) is 2.70. The molecule has 148 valence electrons. The summed E-state index contributed by atoms with van der Waals surface area (Å²) < 4.78 is 10.7. The molecule has 26 heavy (non-hydrogen) atoms. The molecule has 0 fully saturated rings. The number of guanidine groups is 1. The van der Waals surface area contributed by atoms with Crippen molar-refractivity contribution in [2.75, 3.05) is 46.9 Å². The van der Waals surface area contributed by atoms with Crippen molar-refractivity contribution in [3.05, 3.63) is 23.8 Å². The van der Waals surface area contributed by atoms with E-state index in [0.29, 0.717) is 6.54 Å². The molecule has 0 amide bonds. The van der Waals surface area contributed by atoms with Crippen LogP contribution in [-0.2, 0) is 6.54 Å². The zero-order valence-electron chi connectivity index (χ0n) is 17.1. The van der Waals surface area contributed by atoms with Crippen molar-refractivity contribution >= 4 is 5.96 Å². The highest BCUT2D eigenvalue weighted by Crippen LogP contribution is 2.25. The van der Waals surface area contributed by atoms with E-state index in [2.05, 4.69) is 41.3 Å². The first-order valence-electron chi connectivity index (χ1n) is 9.63. The zero-order valence-corrected chi connectivity index (χ0v) is 17.1. The molecule has 0 saturated carbocycles. The SMILES string of the molecule is CCNC(=NCc1ccc(OC)cc1OC)NCCCCN(CC)CC. The fourth-order valence-corrected chi connectivity index (χ4v) is 2.70. The molecule has 0 radical (unpaired) electrons. The van der Waals surface area contributed by atoms with Gasteiger partial charge >= 0.3 is 0 Å². The van der Waals surface area contributed by atoms with Crippen molar-refractivity contribution in [2.45, 2.75) is 40.2 Å². The average Bonchev–Trinajstić information content (AvgIpc) is 2.68. The molecule has 6 nitrogen and oxygen atoms in total. The van der Waals surface area contributed by atoms with Gasteiger partial charge < -0.3 is 25.0 Å². The first-order valence-corrected chi connectivity index (χ1v) is 9.63. The first-order chi connectivity index (χ1) is 12.7. The minimum Gasteiger partial charge on any atom is -0.497 e. The Morgan fingerprint density at radius 1 is 1.04 bits per heavy atom. The molecular weight excluding hydrogens is 328 g/mol. The van der Waals surface area contributed by atoms with E-state index in [9.17, 15) is 0 Å². The standard InChI is InChI=1S/C20H36N4O2/c1-6-21-20(22-13-9-10-14-24(7-2)8-3)23-16-17-11-12-18(25-4)15-19(17)26-5/h11-12,15H,6-10,13-14,16H2,1-5H3,(H2,21,22,23). The van der Waals surface area contributed by atoms with Crippen molar-refractivity contribution in [3.8, 4) is 11.5 Å². The van der Waals surface area contributed by atoms with E-state index >= 15 is 0 Å². The molecule has 1 aromatic carbocycles. The Labute approximate surface area is 159 Å². The summed E-state index contributed by atoms with van der Waals surface area (Å²) in [6.07, 6.45) is 2.33. The van der Waals surface area contributed by atoms with Gasteiger partial charge in [0.15, 0.2) is 5.96 Å². The summed E-state index contributed by atoms with van der Waals surface area (Å²) in [6.45, 7) is 12.2. The first kappa shape index (κ1) is 22.1. The lowest BCUT2D eigenvalue weighted by atomic mass is 10.2. The van der Waals surface area contributed by atoms with Crippen molar-refractivity contribution in [1.82, 2.24) is 15.5 Å². The summed E-state index contributed by atoms with van der Waals surface area (Å²) in [4.78, 5) is 7.13. The Kier molecular flexibility index (Phi) is 11.3. The van der Waals surface area contributed by atoms with E-state index in [-0.39, 0.29) is 0 Å². The van der Waals surface area contributed by atoms with Gasteiger partial charge in [0.25, 0.3) is 0 Å². The third-order valence-corrected chi connectivity index (χ3v) is 4.33. The van der Waals surface area contributed by atoms with Crippen molar-refractivity contribution in [2.24, 2.45) is 4.99 Å². The maximum Gasteiger partial charge on any atom is 0.191 e. The average molecular weight is 365 g/mol. The summed E-state index contributed by atoms with van der Waals surface area (Å²) in [7, 11) is 3.32. The predicted octanol–water partition coefficient (Wildman–Crippen LogP) is 2.88. The molecule has 0 heterocycles. The molecule has 1 aromatic rings. The maximum atomic E-state index is 5.44. The van der Waals surface area contributed by atoms with E-state index in [1.54, 1.807) is 14.2 Å². The van der Waals surface area contributed by atoms with Crippen molar-refractivity contribution in [1.29, 1.82) is 0 Å². The molecule has 0 aromatic heterocycles. The number of unbranched alkanes of at least 4 members (excludes halogenated alkanes) is 1. The van der Waals surface area contributed by atoms with Crippen LogP contribution < -0.4 is 20.1 Å². The van der Waals surface area contributed by atoms with Gasteiger partial charge in [0.05, 0.1) is 20.8 Å². The van der Waals surface area contributed by atoms with Gasteiger partial charge in [-0.1, -0.05) is 13.8 Å². The molecule has 0 aliphatic rings. The van der Waals surface area contributed by atoms with E-state index in [0.717, 1.165) is 62.2 Å². The van der Waals surface area contributed by atoms with E-state index < -0.39 is 0 Å². The lowest BCUT2D eigenvalue weighted by molar-refractivity contribution is 0.297. The van der Waals surface area contributed by atoms with Crippen LogP contribution in [0.15, 0.2) is 23.2 Å². The molecule has 2 N–H and O–H groups in total. The van der Waals surface area contributed by atoms with Gasteiger partial charge in [-0.2, -0.15) is 0 Å². The summed E-state index contributed by atoms with van der Waals surface area (Å²) >= 11 is 0. The molecule has 0 bridgehead atoms. The van der Waals surface area contributed by atoms with Gasteiger partial charge in [0.2, 0.25) is 0 Å². The molecular formula is C20H36N4O2. The Morgan fingerprint density at radius 3 is 2.42 bits per heavy atom. The minimum absolute atomic E-state index is 0.557. The van der Waals surface area contributed by atoms with Gasteiger partial charge in [0.1, 0.15) is 11.5 Å². The van der Waals surface area contributed by atoms with Gasteiger partial charge in [0, 0.05) is 24.7 Å². The van der Waals surface area contributed by atoms with Crippen LogP contribution in [0.4, 0.5) is 0 Å². The second kappa shape index (κ2) is 13.3. The topological polar surface area (TPSA) is 58.1 Å². The van der Waals surface area contributed by atoms with Crippen LogP contribution in [0.3, 0.4) is 0 Å². The zero-order chi connectivity index (χ0) is 19.2. The third kappa shape index (κ3) is 7.95. The van der Waals surface area contributed by atoms with Crippen LogP contribution in [0.25, 0.3) is 0 Å². The lowest BCUT2D eigenvalue weighted by Gasteiger charge is -2.18. The highest BCUT2D eigenvalue weighted by atomic mass is 16.5. The van der Waals surface area contributed by atoms with E-state index in [1.165, 1.54) is 6.42 Å². The van der Waals surface area contributed by atoms with Crippen molar-refractivity contribution in [3.63, 3.8) is 0 Å². The number of benzene rings is 1. The maximum absolute atomic E-state index is 5.44. The van der Waals surface area contributed by atoms with Crippen LogP contribution in [0.2, 0.25) is 0 Å². The molecule has 6 heteroatoms. The van der Waals surface area contributed by atoms with Gasteiger partial charge in [-0.15, -0.1) is 0 Å². The number of ether oxygens (including phenoxy) is 2. The Bertz CT molecular complexity index is 531. The normalized spacial score (nSPS) is 11.5. The number of aliphatic imine (C=N–C) groups is 1. The monoisotopic (exact) mass is 364 g/mol. The summed E-state index contributed by atoms with van der Waals surface area (Å²) in [6, 6.07) is 5.81. The van der Waals surface area contributed by atoms with Gasteiger partial charge in [-0.25, -0.2) is 4.99 Å². The highest BCUT2D eigenvalue weighted by molar-refractivity contribution is 5.79. The highest BCUT2D eigenvalue weighted by Gasteiger charge is 2.05. The molecule has 0 spiro atoms. The van der Waals surface area contributed by atoms with Crippen LogP contribution in [0.1, 0.15) is 39.2 Å². The summed E-state index contributed by atoms with van der Waals surface area (Å²) in [5.74, 6) is 2.42. The van der Waals surface area contributed by atoms with E-state index in [4.69, 9.17) is 9.47 Å². The Hall–Kier alpha value is -1.95. The van der Waals surface area contributed by atoms with Crippen LogP contribution in [0, 0.1) is 0 Å². The third-order valence-electron chi connectivity index (χ3n) is 4.33. The van der Waals surface area contributed by atoms with Crippen molar-refractivity contribution < 1.29 is 9.47 Å². The summed E-state index contributed by atoms with van der Waals surface area (Å²) in [5.41, 5.74) is 1.03. The Morgan fingerprint density at radius 2 is 1.81 bits per heavy atom. The fraction of sp³-hybridized carbons (Fsp3) is 0.650. The number of nitrogens with one attached hydrogen (secondary N) is 2. The van der Waals surface area contributed by atoms with Crippen LogP contribution in [-0.4, -0.2) is 57.8 Å². The Balaban J connectivity index is 2.53. The number of hydrogen-bond acceptors (Lipinski definition) is 4. The molecule has 1 rings (SSSR count). The second-order valence-corrected chi connectivity index (χ2v) is 6.03. The minimum atomic E-state index is 0.557. The molecule has 0 atom stereocenters. The number of hydrogen-bond donors (Lipinski definition) is 2. The number of rotatable bonds is 12. The largest absolute Gasteiger partial charge is 0.497 e. The van der Waals surface area contributed by atoms with Gasteiger partial charge in [-0.05, 0) is 51.5 Å². The predicted molar refractivity (Wildman–Crippen MR) is 109 cm³/mol. The quantitative estimate of drug-likeness (QED) is 0.339. The van der Waals surface area contributed by atoms with Crippen LogP contribution in [0.5, 0.6) is 11.5 Å². The molecule has 0 aliphatic carbocycles. The van der Waals surface area contributed by atoms with Gasteiger partial charge in [-0.3, -0.25) is 0 Å². The molecule has 0 aliphatic heterocycles. The molecule has 0 saturated heterocycles. The lowest BCUT2D eigenvalue weighted by Crippen LogP contribution is -2.38. The van der Waals surface area contributed by atoms with Crippen LogP contribution >= 0.6 is 0 Å². The number of nitrogens with zero attached hydrogens (tertiary/aromatic N) is 2.